The third kappa shape index (κ3) is 21.5. The van der Waals surface area contributed by atoms with Gasteiger partial charge in [-0.1, -0.05) is 150 Å². The van der Waals surface area contributed by atoms with Gasteiger partial charge < -0.3 is 29.3 Å². The van der Waals surface area contributed by atoms with Gasteiger partial charge in [-0.15, -0.1) is 0 Å². The van der Waals surface area contributed by atoms with Gasteiger partial charge in [0.25, 0.3) is 0 Å². The minimum absolute atomic E-state index is 0.0835. The van der Waals surface area contributed by atoms with E-state index < -0.39 is 5.60 Å². The molecule has 89 heavy (non-hydrogen) atoms. The maximum Gasteiger partial charge on any atom is 0.0644 e. The summed E-state index contributed by atoms with van der Waals surface area (Å²) in [5.41, 5.74) is 11.7. The zero-order valence-electron chi connectivity index (χ0n) is 58.6. The van der Waals surface area contributed by atoms with Gasteiger partial charge in [0, 0.05) is 92.9 Å². The van der Waals surface area contributed by atoms with E-state index in [1.807, 2.05) is 19.1 Å². The van der Waals surface area contributed by atoms with Crippen LogP contribution in [-0.4, -0.2) is 159 Å². The largest absolute Gasteiger partial charge is 0.390 e. The Morgan fingerprint density at radius 3 is 1.17 bits per heavy atom. The molecule has 1 spiro atoms. The summed E-state index contributed by atoms with van der Waals surface area (Å²) in [5, 5.41) is 11.2. The highest BCUT2D eigenvalue weighted by molar-refractivity contribution is 6.30. The number of anilines is 2. The van der Waals surface area contributed by atoms with Crippen molar-refractivity contribution in [1.29, 1.82) is 0 Å². The lowest BCUT2D eigenvalue weighted by Crippen LogP contribution is -2.49. The predicted octanol–water partition coefficient (Wildman–Crippen LogP) is 17.2. The van der Waals surface area contributed by atoms with Crippen molar-refractivity contribution >= 4 is 23.0 Å². The van der Waals surface area contributed by atoms with Crippen molar-refractivity contribution in [2.75, 3.05) is 115 Å². The van der Waals surface area contributed by atoms with E-state index in [2.05, 4.69) is 191 Å². The second-order valence-corrected chi connectivity index (χ2v) is 31.9. The van der Waals surface area contributed by atoms with Crippen LogP contribution in [0.4, 0.5) is 11.4 Å². The van der Waals surface area contributed by atoms with Crippen LogP contribution in [0.5, 0.6) is 0 Å². The Morgan fingerprint density at radius 2 is 0.798 bits per heavy atom. The standard InChI is InChI=1S/C29H46N2O.C25H39ClN2.C25H40N2O2/c1-24(2)22-27(30-16-14-29(15-17-30)12-6-5-7-13-29)23-28(3,4)25-8-10-26(11-9-25)31-18-20-32-21-19-31;1-20(2)18-24(19-25(3,4)21-8-10-22(26)11-9-21)28-16-12-23(13-17-28)27-14-6-5-7-15-27;1-20(2)18-23(26-12-10-25(5,28)11-13-26)19-24(3,4)21-6-8-22(9-7-21)27-14-16-29-17-15-27/h8-11,22,27H,5-7,12-21,23H2,1-4H3;8-11,18,23-24H,5-7,12-17,19H2,1-4H3;6-9,18,23,28H,10-17,19H2,1-5H3. The predicted molar refractivity (Wildman–Crippen MR) is 381 cm³/mol. The summed E-state index contributed by atoms with van der Waals surface area (Å²) in [6.07, 6.45) is 29.6. The summed E-state index contributed by atoms with van der Waals surface area (Å²) in [7, 11) is 0. The second-order valence-electron chi connectivity index (χ2n) is 31.5. The van der Waals surface area contributed by atoms with Crippen LogP contribution < -0.4 is 9.80 Å². The monoisotopic (exact) mass is 1240 g/mol. The molecule has 1 aliphatic carbocycles. The first-order valence-corrected chi connectivity index (χ1v) is 36.0. The Balaban J connectivity index is 0.000000173. The third-order valence-corrected chi connectivity index (χ3v) is 22.1. The van der Waals surface area contributed by atoms with Crippen LogP contribution in [0.3, 0.4) is 0 Å². The van der Waals surface area contributed by atoms with Crippen LogP contribution in [0.1, 0.15) is 216 Å². The molecule has 10 heteroatoms. The molecule has 1 saturated carbocycles. The molecule has 3 unspecified atom stereocenters. The molecule has 9 nitrogen and oxygen atoms in total. The zero-order valence-corrected chi connectivity index (χ0v) is 59.4. The number of morpholine rings is 2. The molecule has 10 rings (SSSR count). The smallest absolute Gasteiger partial charge is 0.0644 e. The van der Waals surface area contributed by atoms with Gasteiger partial charge in [-0.2, -0.15) is 0 Å². The number of ether oxygens (including phenoxy) is 2. The van der Waals surface area contributed by atoms with Gasteiger partial charge in [0.2, 0.25) is 0 Å². The van der Waals surface area contributed by atoms with Crippen molar-refractivity contribution in [1.82, 2.24) is 19.6 Å². The molecule has 6 saturated heterocycles. The number of piperidine rings is 4. The fraction of sp³-hybridized carbons (Fsp3) is 0.696. The van der Waals surface area contributed by atoms with Gasteiger partial charge in [0.1, 0.15) is 0 Å². The molecule has 6 aliphatic heterocycles. The summed E-state index contributed by atoms with van der Waals surface area (Å²) >= 11 is 6.11. The summed E-state index contributed by atoms with van der Waals surface area (Å²) in [5.74, 6) is 0. The Kier molecular flexibility index (Phi) is 26.5. The lowest BCUT2D eigenvalue weighted by atomic mass is 9.67. The molecule has 3 aromatic rings. The van der Waals surface area contributed by atoms with Crippen LogP contribution in [0.15, 0.2) is 108 Å². The number of hydrogen-bond acceptors (Lipinski definition) is 9. The Labute approximate surface area is 549 Å². The van der Waals surface area contributed by atoms with E-state index in [0.717, 1.165) is 102 Å². The van der Waals surface area contributed by atoms with E-state index in [1.165, 1.54) is 168 Å². The number of benzene rings is 3. The van der Waals surface area contributed by atoms with Crippen LogP contribution in [0, 0.1) is 5.41 Å². The molecule has 7 aliphatic rings. The van der Waals surface area contributed by atoms with Crippen LogP contribution in [0.25, 0.3) is 0 Å². The molecule has 0 amide bonds. The third-order valence-electron chi connectivity index (χ3n) is 21.9. The number of halogens is 1. The van der Waals surface area contributed by atoms with E-state index >= 15 is 0 Å². The molecule has 3 aromatic carbocycles. The molecule has 496 valence electrons. The van der Waals surface area contributed by atoms with Gasteiger partial charge in [0.15, 0.2) is 0 Å². The number of aliphatic hydroxyl groups is 1. The lowest BCUT2D eigenvalue weighted by Gasteiger charge is -2.47. The van der Waals surface area contributed by atoms with E-state index in [-0.39, 0.29) is 16.2 Å². The van der Waals surface area contributed by atoms with Gasteiger partial charge >= 0.3 is 0 Å². The fourth-order valence-electron chi connectivity index (χ4n) is 16.1. The molecule has 6 heterocycles. The first-order valence-electron chi connectivity index (χ1n) is 35.6. The highest BCUT2D eigenvalue weighted by atomic mass is 35.5. The Morgan fingerprint density at radius 1 is 0.461 bits per heavy atom. The highest BCUT2D eigenvalue weighted by Crippen LogP contribution is 2.46. The first kappa shape index (κ1) is 71.3. The zero-order chi connectivity index (χ0) is 63.8. The molecule has 0 aromatic heterocycles. The molecule has 0 bridgehead atoms. The number of likely N-dealkylation sites (tertiary alicyclic amines) is 4. The number of nitrogens with zero attached hydrogens (tertiary/aromatic N) is 6. The maximum absolute atomic E-state index is 10.3. The SMILES string of the molecule is CC(C)=CC(CC(C)(C)c1ccc(Cl)cc1)N1CCC(N2CCCCC2)CC1.CC(C)=CC(CC(C)(C)c1ccc(N2CCOCC2)cc1)N1CCC(C)(O)CC1.CC(C)=CC(CC(C)(C)c1ccc(N2CCOCC2)cc1)N1CCC2(CCCCC2)CC1. The number of rotatable bonds is 18. The fourth-order valence-corrected chi connectivity index (χ4v) is 16.2. The average molecular weight is 1240 g/mol. The lowest BCUT2D eigenvalue weighted by molar-refractivity contribution is -0.0140. The Bertz CT molecular complexity index is 2630. The summed E-state index contributed by atoms with van der Waals surface area (Å²) in [4.78, 5) is 15.7. The highest BCUT2D eigenvalue weighted by Gasteiger charge is 2.39. The quantitative estimate of drug-likeness (QED) is 0.126. The van der Waals surface area contributed by atoms with Gasteiger partial charge in [-0.3, -0.25) is 14.7 Å². The second kappa shape index (κ2) is 33.1. The summed E-state index contributed by atoms with van der Waals surface area (Å²) < 4.78 is 11.0. The van der Waals surface area contributed by atoms with Gasteiger partial charge in [-0.05, 0) is 233 Å². The van der Waals surface area contributed by atoms with Crippen LogP contribution in [0.2, 0.25) is 5.02 Å². The minimum Gasteiger partial charge on any atom is -0.390 e. The number of allylic oxidation sites excluding steroid dienone is 3. The van der Waals surface area contributed by atoms with E-state index in [0.29, 0.717) is 23.5 Å². The van der Waals surface area contributed by atoms with Crippen molar-refractivity contribution in [3.63, 3.8) is 0 Å². The van der Waals surface area contributed by atoms with Crippen LogP contribution >= 0.6 is 11.6 Å². The van der Waals surface area contributed by atoms with Crippen LogP contribution in [-0.2, 0) is 25.7 Å². The summed E-state index contributed by atoms with van der Waals surface area (Å²) in [6.45, 7) is 46.6. The van der Waals surface area contributed by atoms with Crippen molar-refractivity contribution in [2.45, 2.75) is 245 Å². The molecular weight excluding hydrogens is 1120 g/mol. The van der Waals surface area contributed by atoms with E-state index in [9.17, 15) is 5.11 Å². The average Bonchev–Trinajstić information content (AvgIpc) is 1.68. The van der Waals surface area contributed by atoms with Gasteiger partial charge in [-0.25, -0.2) is 0 Å². The molecule has 7 fully saturated rings. The molecule has 1 N–H and O–H groups in total. The molecule has 0 radical (unpaired) electrons. The van der Waals surface area contributed by atoms with Crippen molar-refractivity contribution in [3.05, 3.63) is 129 Å². The topological polar surface area (TPSA) is 58.1 Å². The molecular formula is C79H125ClN6O3. The minimum atomic E-state index is -0.503. The van der Waals surface area contributed by atoms with Crippen molar-refractivity contribution in [3.8, 4) is 0 Å². The first-order chi connectivity index (χ1) is 42.4. The number of hydrogen-bond donors (Lipinski definition) is 1. The van der Waals surface area contributed by atoms with E-state index in [1.54, 1.807) is 0 Å². The maximum atomic E-state index is 10.3. The van der Waals surface area contributed by atoms with E-state index in [4.69, 9.17) is 21.1 Å². The van der Waals surface area contributed by atoms with Crippen molar-refractivity contribution in [2.24, 2.45) is 5.41 Å². The molecule has 3 atom stereocenters. The Hall–Kier alpha value is -3.51. The normalized spacial score (nSPS) is 22.1. The van der Waals surface area contributed by atoms with Gasteiger partial charge in [0.05, 0.1) is 32.0 Å². The summed E-state index contributed by atoms with van der Waals surface area (Å²) in [6, 6.07) is 29.3. The van der Waals surface area contributed by atoms with Crippen molar-refractivity contribution < 1.29 is 14.6 Å².